The molecule has 0 aliphatic heterocycles. The Kier molecular flexibility index (Phi) is 5.88. The highest BCUT2D eigenvalue weighted by molar-refractivity contribution is 6.04. The molecule has 1 atom stereocenters. The van der Waals surface area contributed by atoms with Crippen LogP contribution in [0.1, 0.15) is 28.7 Å². The van der Waals surface area contributed by atoms with Crippen LogP contribution in [0.4, 0.5) is 5.69 Å². The molecule has 0 saturated carbocycles. The minimum absolute atomic E-state index is 0.0710. The van der Waals surface area contributed by atoms with Gasteiger partial charge in [0.05, 0.1) is 24.1 Å². The van der Waals surface area contributed by atoms with Crippen molar-refractivity contribution in [2.45, 2.75) is 39.9 Å². The number of amides is 2. The van der Waals surface area contributed by atoms with Gasteiger partial charge in [0.25, 0.3) is 5.91 Å². The number of benzene rings is 1. The van der Waals surface area contributed by atoms with Crippen LogP contribution < -0.4 is 10.6 Å². The van der Waals surface area contributed by atoms with Crippen molar-refractivity contribution >= 4 is 17.5 Å². The van der Waals surface area contributed by atoms with Crippen LogP contribution in [0.15, 0.2) is 48.8 Å². The van der Waals surface area contributed by atoms with Gasteiger partial charge in [-0.3, -0.25) is 19.0 Å². The quantitative estimate of drug-likeness (QED) is 0.657. The number of hydrogen-bond donors (Lipinski definition) is 2. The molecule has 0 spiro atoms. The third-order valence-electron chi connectivity index (χ3n) is 4.19. The molecule has 0 bridgehead atoms. The molecule has 0 unspecified atom stereocenters. The van der Waals surface area contributed by atoms with Crippen LogP contribution in [-0.4, -0.2) is 37.4 Å². The van der Waals surface area contributed by atoms with Crippen molar-refractivity contribution in [3.63, 3.8) is 0 Å². The van der Waals surface area contributed by atoms with Crippen LogP contribution in [0.25, 0.3) is 0 Å². The monoisotopic (exact) mass is 380 g/mol. The average Bonchev–Trinajstić information content (AvgIpc) is 3.20. The molecule has 0 saturated heterocycles. The average molecular weight is 380 g/mol. The molecule has 8 heteroatoms. The van der Waals surface area contributed by atoms with E-state index < -0.39 is 0 Å². The van der Waals surface area contributed by atoms with Gasteiger partial charge in [0.1, 0.15) is 6.54 Å². The predicted octanol–water partition coefficient (Wildman–Crippen LogP) is 2.15. The molecular weight excluding hydrogens is 356 g/mol. The highest BCUT2D eigenvalue weighted by atomic mass is 16.2. The molecule has 8 nitrogen and oxygen atoms in total. The zero-order valence-corrected chi connectivity index (χ0v) is 16.2. The molecule has 2 heterocycles. The number of nitrogens with zero attached hydrogens (tertiary/aromatic N) is 4. The molecule has 3 rings (SSSR count). The smallest absolute Gasteiger partial charge is 0.255 e. The van der Waals surface area contributed by atoms with E-state index in [-0.39, 0.29) is 24.4 Å². The summed E-state index contributed by atoms with van der Waals surface area (Å²) >= 11 is 0. The van der Waals surface area contributed by atoms with E-state index in [1.807, 2.05) is 37.6 Å². The van der Waals surface area contributed by atoms with E-state index in [2.05, 4.69) is 20.8 Å². The van der Waals surface area contributed by atoms with E-state index in [4.69, 9.17) is 0 Å². The van der Waals surface area contributed by atoms with Gasteiger partial charge in [0.15, 0.2) is 0 Å². The Morgan fingerprint density at radius 3 is 2.61 bits per heavy atom. The SMILES string of the molecule is Cc1cc(C)n(C[C@@H](C)NC(=O)Cn2cc(NC(=O)c3ccccc3)cn2)n1. The molecule has 1 aromatic carbocycles. The molecule has 2 aromatic heterocycles. The van der Waals surface area contributed by atoms with E-state index >= 15 is 0 Å². The van der Waals surface area contributed by atoms with Crippen LogP contribution in [0, 0.1) is 13.8 Å². The number of rotatable bonds is 7. The van der Waals surface area contributed by atoms with Crippen LogP contribution in [0.3, 0.4) is 0 Å². The van der Waals surface area contributed by atoms with Crippen molar-refractivity contribution in [3.8, 4) is 0 Å². The van der Waals surface area contributed by atoms with Gasteiger partial charge in [-0.15, -0.1) is 0 Å². The summed E-state index contributed by atoms with van der Waals surface area (Å²) in [6.07, 6.45) is 3.15. The normalized spacial score (nSPS) is 11.8. The van der Waals surface area contributed by atoms with Gasteiger partial charge in [0, 0.05) is 23.5 Å². The Hall–Kier alpha value is -3.42. The largest absolute Gasteiger partial charge is 0.350 e. The van der Waals surface area contributed by atoms with Crippen molar-refractivity contribution in [2.75, 3.05) is 5.32 Å². The second-order valence-electron chi connectivity index (χ2n) is 6.82. The third kappa shape index (κ3) is 5.06. The summed E-state index contributed by atoms with van der Waals surface area (Å²) in [4.78, 5) is 24.4. The molecule has 28 heavy (non-hydrogen) atoms. The first-order valence-electron chi connectivity index (χ1n) is 9.10. The highest BCUT2D eigenvalue weighted by Gasteiger charge is 2.12. The second kappa shape index (κ2) is 8.51. The summed E-state index contributed by atoms with van der Waals surface area (Å²) in [5.41, 5.74) is 3.12. The van der Waals surface area contributed by atoms with Gasteiger partial charge >= 0.3 is 0 Å². The number of aromatic nitrogens is 4. The number of carbonyl (C=O) groups is 2. The second-order valence-corrected chi connectivity index (χ2v) is 6.82. The van der Waals surface area contributed by atoms with Crippen molar-refractivity contribution in [1.82, 2.24) is 24.9 Å². The first kappa shape index (κ1) is 19.3. The fourth-order valence-electron chi connectivity index (χ4n) is 2.94. The molecule has 2 amide bonds. The molecule has 0 radical (unpaired) electrons. The standard InChI is InChI=1S/C20H24N6O2/c1-14-9-16(3)26(24-14)11-15(2)22-19(27)13-25-12-18(10-21-25)23-20(28)17-7-5-4-6-8-17/h4-10,12,15H,11,13H2,1-3H3,(H,22,27)(H,23,28)/t15-/m1/s1. The van der Waals surface area contributed by atoms with Crippen molar-refractivity contribution < 1.29 is 9.59 Å². The Labute approximate surface area is 163 Å². The number of nitrogens with one attached hydrogen (secondary N) is 2. The fraction of sp³-hybridized carbons (Fsp3) is 0.300. The van der Waals surface area contributed by atoms with Crippen molar-refractivity contribution in [1.29, 1.82) is 0 Å². The van der Waals surface area contributed by atoms with E-state index in [0.717, 1.165) is 11.4 Å². The lowest BCUT2D eigenvalue weighted by molar-refractivity contribution is -0.122. The number of carbonyl (C=O) groups excluding carboxylic acids is 2. The van der Waals surface area contributed by atoms with Gasteiger partial charge in [-0.25, -0.2) is 0 Å². The Morgan fingerprint density at radius 2 is 1.93 bits per heavy atom. The summed E-state index contributed by atoms with van der Waals surface area (Å²) in [5, 5.41) is 14.2. The summed E-state index contributed by atoms with van der Waals surface area (Å²) in [6.45, 7) is 6.54. The molecule has 0 aliphatic rings. The molecule has 146 valence electrons. The Morgan fingerprint density at radius 1 is 1.18 bits per heavy atom. The molecular formula is C20H24N6O2. The van der Waals surface area contributed by atoms with Gasteiger partial charge < -0.3 is 10.6 Å². The molecule has 2 N–H and O–H groups in total. The van der Waals surface area contributed by atoms with Crippen LogP contribution in [0.5, 0.6) is 0 Å². The van der Waals surface area contributed by atoms with Gasteiger partial charge in [0.2, 0.25) is 5.91 Å². The molecule has 0 fully saturated rings. The lowest BCUT2D eigenvalue weighted by Crippen LogP contribution is -2.38. The number of aryl methyl sites for hydroxylation is 2. The van der Waals surface area contributed by atoms with Crippen LogP contribution >= 0.6 is 0 Å². The van der Waals surface area contributed by atoms with E-state index in [0.29, 0.717) is 17.8 Å². The highest BCUT2D eigenvalue weighted by Crippen LogP contribution is 2.08. The first-order valence-corrected chi connectivity index (χ1v) is 9.10. The van der Waals surface area contributed by atoms with Gasteiger partial charge in [-0.05, 0) is 39.0 Å². The molecule has 0 aliphatic carbocycles. The fourth-order valence-corrected chi connectivity index (χ4v) is 2.94. The zero-order chi connectivity index (χ0) is 20.1. The molecule has 3 aromatic rings. The predicted molar refractivity (Wildman–Crippen MR) is 106 cm³/mol. The minimum Gasteiger partial charge on any atom is -0.350 e. The lowest BCUT2D eigenvalue weighted by atomic mass is 10.2. The van der Waals surface area contributed by atoms with Crippen molar-refractivity contribution in [3.05, 3.63) is 65.7 Å². The number of hydrogen-bond acceptors (Lipinski definition) is 4. The maximum Gasteiger partial charge on any atom is 0.255 e. The first-order chi connectivity index (χ1) is 13.4. The van der Waals surface area contributed by atoms with E-state index in [9.17, 15) is 9.59 Å². The Balaban J connectivity index is 1.51. The third-order valence-corrected chi connectivity index (χ3v) is 4.19. The maximum absolute atomic E-state index is 12.3. The van der Waals surface area contributed by atoms with Gasteiger partial charge in [-0.2, -0.15) is 10.2 Å². The minimum atomic E-state index is -0.219. The van der Waals surface area contributed by atoms with Gasteiger partial charge in [-0.1, -0.05) is 18.2 Å². The summed E-state index contributed by atoms with van der Waals surface area (Å²) in [6, 6.07) is 10.9. The summed E-state index contributed by atoms with van der Waals surface area (Å²) < 4.78 is 3.37. The summed E-state index contributed by atoms with van der Waals surface area (Å²) in [5.74, 6) is -0.374. The lowest BCUT2D eigenvalue weighted by Gasteiger charge is -2.15. The van der Waals surface area contributed by atoms with E-state index in [1.165, 1.54) is 10.9 Å². The maximum atomic E-state index is 12.3. The zero-order valence-electron chi connectivity index (χ0n) is 16.2. The van der Waals surface area contributed by atoms with E-state index in [1.54, 1.807) is 30.5 Å². The topological polar surface area (TPSA) is 93.8 Å². The van der Waals surface area contributed by atoms with Crippen LogP contribution in [0.2, 0.25) is 0 Å². The Bertz CT molecular complexity index is 960. The van der Waals surface area contributed by atoms with Crippen molar-refractivity contribution in [2.24, 2.45) is 0 Å². The van der Waals surface area contributed by atoms with Crippen LogP contribution in [-0.2, 0) is 17.9 Å². The number of anilines is 1. The summed E-state index contributed by atoms with van der Waals surface area (Å²) in [7, 11) is 0.